The van der Waals surface area contributed by atoms with Crippen LogP contribution in [0.2, 0.25) is 0 Å². The summed E-state index contributed by atoms with van der Waals surface area (Å²) >= 11 is 3.41. The third-order valence-electron chi connectivity index (χ3n) is 3.70. The predicted molar refractivity (Wildman–Crippen MR) is 79.7 cm³/mol. The third kappa shape index (κ3) is 3.20. The van der Waals surface area contributed by atoms with Crippen LogP contribution in [0.15, 0.2) is 22.7 Å². The first-order chi connectivity index (χ1) is 9.38. The molecule has 0 aliphatic carbocycles. The van der Waals surface area contributed by atoms with E-state index < -0.39 is 11.9 Å². The predicted octanol–water partition coefficient (Wildman–Crippen LogP) is 2.94. The van der Waals surface area contributed by atoms with E-state index in [1.54, 1.807) is 11.0 Å². The summed E-state index contributed by atoms with van der Waals surface area (Å²) in [4.78, 5) is 25.3. The summed E-state index contributed by atoms with van der Waals surface area (Å²) in [6.45, 7) is 4.84. The highest BCUT2D eigenvalue weighted by Gasteiger charge is 2.32. The van der Waals surface area contributed by atoms with Crippen LogP contribution in [0, 0.1) is 18.8 Å². The molecule has 0 spiro atoms. The molecule has 2 atom stereocenters. The summed E-state index contributed by atoms with van der Waals surface area (Å²) < 4.78 is 0.962. The highest BCUT2D eigenvalue weighted by atomic mass is 79.9. The Hall–Kier alpha value is -1.36. The van der Waals surface area contributed by atoms with Crippen molar-refractivity contribution >= 4 is 27.8 Å². The Bertz CT molecular complexity index is 544. The lowest BCUT2D eigenvalue weighted by molar-refractivity contribution is -0.143. The van der Waals surface area contributed by atoms with Crippen LogP contribution in [0.1, 0.15) is 29.3 Å². The van der Waals surface area contributed by atoms with E-state index >= 15 is 0 Å². The van der Waals surface area contributed by atoms with Gasteiger partial charge in [-0.1, -0.05) is 22.9 Å². The van der Waals surface area contributed by atoms with E-state index in [1.165, 1.54) is 0 Å². The number of likely N-dealkylation sites (tertiary alicyclic amines) is 1. The van der Waals surface area contributed by atoms with Gasteiger partial charge in [-0.3, -0.25) is 9.59 Å². The number of benzene rings is 1. The van der Waals surface area contributed by atoms with Gasteiger partial charge in [-0.05, 0) is 43.0 Å². The van der Waals surface area contributed by atoms with Crippen molar-refractivity contribution in [3.63, 3.8) is 0 Å². The second kappa shape index (κ2) is 5.95. The number of carbonyl (C=O) groups excluding carboxylic acids is 1. The van der Waals surface area contributed by atoms with Crippen LogP contribution in [0.5, 0.6) is 0 Å². The van der Waals surface area contributed by atoms with E-state index in [4.69, 9.17) is 5.11 Å². The number of carboxylic acids is 1. The van der Waals surface area contributed by atoms with Crippen LogP contribution < -0.4 is 0 Å². The Kier molecular flexibility index (Phi) is 4.48. The minimum atomic E-state index is -0.818. The zero-order valence-corrected chi connectivity index (χ0v) is 13.2. The van der Waals surface area contributed by atoms with Gasteiger partial charge in [0.15, 0.2) is 0 Å². The molecule has 1 heterocycles. The molecular formula is C15H18BrNO3. The van der Waals surface area contributed by atoms with E-state index in [0.717, 1.165) is 10.0 Å². The molecule has 1 aromatic rings. The lowest BCUT2D eigenvalue weighted by Gasteiger charge is -2.34. The molecule has 5 heteroatoms. The maximum atomic E-state index is 12.5. The normalized spacial score (nSPS) is 22.6. The van der Waals surface area contributed by atoms with Crippen molar-refractivity contribution in [2.45, 2.75) is 20.3 Å². The van der Waals surface area contributed by atoms with Gasteiger partial charge >= 0.3 is 5.97 Å². The lowest BCUT2D eigenvalue weighted by atomic mass is 9.90. The Morgan fingerprint density at radius 1 is 1.35 bits per heavy atom. The second-order valence-electron chi connectivity index (χ2n) is 5.55. The van der Waals surface area contributed by atoms with Gasteiger partial charge in [0.25, 0.3) is 5.91 Å². The van der Waals surface area contributed by atoms with Crippen molar-refractivity contribution in [1.29, 1.82) is 0 Å². The zero-order chi connectivity index (χ0) is 14.9. The fourth-order valence-electron chi connectivity index (χ4n) is 2.66. The molecule has 108 valence electrons. The largest absolute Gasteiger partial charge is 0.481 e. The SMILES string of the molecule is Cc1cc(C(=O)N2CC(C)CC(C(=O)O)C2)ccc1Br. The van der Waals surface area contributed by atoms with Crippen molar-refractivity contribution in [2.24, 2.45) is 11.8 Å². The third-order valence-corrected chi connectivity index (χ3v) is 4.59. The van der Waals surface area contributed by atoms with Crippen LogP contribution in [0.25, 0.3) is 0 Å². The average Bonchev–Trinajstić information content (AvgIpc) is 2.40. The van der Waals surface area contributed by atoms with Gasteiger partial charge in [-0.25, -0.2) is 0 Å². The standard InChI is InChI=1S/C15H18BrNO3/c1-9-5-12(15(19)20)8-17(7-9)14(18)11-3-4-13(16)10(2)6-11/h3-4,6,9,12H,5,7-8H2,1-2H3,(H,19,20). The summed E-state index contributed by atoms with van der Waals surface area (Å²) in [6.07, 6.45) is 0.637. The number of aliphatic carboxylic acids is 1. The molecular weight excluding hydrogens is 322 g/mol. The summed E-state index contributed by atoms with van der Waals surface area (Å²) in [5.74, 6) is -1.15. The molecule has 20 heavy (non-hydrogen) atoms. The number of nitrogens with zero attached hydrogens (tertiary/aromatic N) is 1. The summed E-state index contributed by atoms with van der Waals surface area (Å²) in [7, 11) is 0. The van der Waals surface area contributed by atoms with E-state index in [0.29, 0.717) is 25.1 Å². The zero-order valence-electron chi connectivity index (χ0n) is 11.6. The lowest BCUT2D eigenvalue weighted by Crippen LogP contribution is -2.45. The number of amides is 1. The monoisotopic (exact) mass is 339 g/mol. The van der Waals surface area contributed by atoms with Crippen molar-refractivity contribution in [3.05, 3.63) is 33.8 Å². The van der Waals surface area contributed by atoms with E-state index in [9.17, 15) is 9.59 Å². The van der Waals surface area contributed by atoms with Crippen molar-refractivity contribution in [2.75, 3.05) is 13.1 Å². The highest BCUT2D eigenvalue weighted by Crippen LogP contribution is 2.24. The van der Waals surface area contributed by atoms with Gasteiger partial charge in [-0.15, -0.1) is 0 Å². The van der Waals surface area contributed by atoms with Crippen LogP contribution >= 0.6 is 15.9 Å². The van der Waals surface area contributed by atoms with Gasteiger partial charge in [0.05, 0.1) is 5.92 Å². The van der Waals surface area contributed by atoms with Gasteiger partial charge in [0, 0.05) is 23.1 Å². The Balaban J connectivity index is 2.19. The molecule has 1 aliphatic rings. The molecule has 2 unspecified atom stereocenters. The number of piperidine rings is 1. The number of carboxylic acid groups (broad SMARTS) is 1. The number of halogens is 1. The van der Waals surface area contributed by atoms with Gasteiger partial charge in [-0.2, -0.15) is 0 Å². The first kappa shape index (κ1) is 15.0. The van der Waals surface area contributed by atoms with Gasteiger partial charge in [0.1, 0.15) is 0 Å². The molecule has 0 aromatic heterocycles. The van der Waals surface area contributed by atoms with Gasteiger partial charge < -0.3 is 10.0 Å². The van der Waals surface area contributed by atoms with Crippen molar-refractivity contribution in [1.82, 2.24) is 4.90 Å². The van der Waals surface area contributed by atoms with Crippen LogP contribution in [0.4, 0.5) is 0 Å². The number of hydrogen-bond donors (Lipinski definition) is 1. The Morgan fingerprint density at radius 3 is 2.65 bits per heavy atom. The van der Waals surface area contributed by atoms with Gasteiger partial charge in [0.2, 0.25) is 0 Å². The Labute approximate surface area is 126 Å². The number of rotatable bonds is 2. The fraction of sp³-hybridized carbons (Fsp3) is 0.467. The van der Waals surface area contributed by atoms with Crippen molar-refractivity contribution in [3.8, 4) is 0 Å². The molecule has 1 fully saturated rings. The molecule has 0 saturated carbocycles. The average molecular weight is 340 g/mol. The smallest absolute Gasteiger partial charge is 0.308 e. The summed E-state index contributed by atoms with van der Waals surface area (Å²) in [6, 6.07) is 5.46. The fourth-order valence-corrected chi connectivity index (χ4v) is 2.90. The topological polar surface area (TPSA) is 57.6 Å². The first-order valence-corrected chi connectivity index (χ1v) is 7.46. The van der Waals surface area contributed by atoms with E-state index in [-0.39, 0.29) is 11.8 Å². The van der Waals surface area contributed by atoms with Crippen LogP contribution in [-0.2, 0) is 4.79 Å². The molecule has 1 amide bonds. The molecule has 0 radical (unpaired) electrons. The van der Waals surface area contributed by atoms with E-state index in [1.807, 2.05) is 26.0 Å². The Morgan fingerprint density at radius 2 is 2.05 bits per heavy atom. The molecule has 0 bridgehead atoms. The maximum Gasteiger partial charge on any atom is 0.308 e. The quantitative estimate of drug-likeness (QED) is 0.901. The van der Waals surface area contributed by atoms with Crippen LogP contribution in [-0.4, -0.2) is 35.0 Å². The molecule has 2 rings (SSSR count). The minimum Gasteiger partial charge on any atom is -0.481 e. The minimum absolute atomic E-state index is 0.0848. The molecule has 1 N–H and O–H groups in total. The maximum absolute atomic E-state index is 12.5. The van der Waals surface area contributed by atoms with E-state index in [2.05, 4.69) is 15.9 Å². The molecule has 1 aliphatic heterocycles. The summed E-state index contributed by atoms with van der Waals surface area (Å²) in [5.41, 5.74) is 1.61. The number of aryl methyl sites for hydroxylation is 1. The molecule has 1 saturated heterocycles. The van der Waals surface area contributed by atoms with Crippen molar-refractivity contribution < 1.29 is 14.7 Å². The second-order valence-corrected chi connectivity index (χ2v) is 6.40. The number of carbonyl (C=O) groups is 2. The molecule has 4 nitrogen and oxygen atoms in total. The summed E-state index contributed by atoms with van der Waals surface area (Å²) in [5, 5.41) is 9.16. The first-order valence-electron chi connectivity index (χ1n) is 6.66. The van der Waals surface area contributed by atoms with Crippen LogP contribution in [0.3, 0.4) is 0 Å². The molecule has 1 aromatic carbocycles. The highest BCUT2D eigenvalue weighted by molar-refractivity contribution is 9.10. The number of hydrogen-bond acceptors (Lipinski definition) is 2.